The van der Waals surface area contributed by atoms with E-state index in [0.29, 0.717) is 28.0 Å². The van der Waals surface area contributed by atoms with Gasteiger partial charge in [0.25, 0.3) is 10.0 Å². The fraction of sp³-hybridized carbons (Fsp3) is 0.278. The van der Waals surface area contributed by atoms with Crippen LogP contribution in [0.1, 0.15) is 19.4 Å². The molecule has 1 heterocycles. The number of nitrogens with zero attached hydrogens (tertiary/aromatic N) is 1. The standard InChI is InChI=1S/C18H19BrN2O4S/c1-11-7-13-8-14(19)9-17(18(13)21(11)12(2)22)26(23,24)20-15-5-4-6-16(10-15)25-3/h4-6,8-11,20H,7H2,1-3H3. The first-order valence-electron chi connectivity index (χ1n) is 8.02. The van der Waals surface area contributed by atoms with Crippen LogP contribution >= 0.6 is 15.9 Å². The molecule has 1 amide bonds. The molecule has 8 heteroatoms. The fourth-order valence-electron chi connectivity index (χ4n) is 3.26. The van der Waals surface area contributed by atoms with Crippen LogP contribution in [-0.2, 0) is 21.2 Å². The molecule has 2 aromatic rings. The van der Waals surface area contributed by atoms with Crippen molar-refractivity contribution in [3.05, 3.63) is 46.4 Å². The highest BCUT2D eigenvalue weighted by atomic mass is 79.9. The summed E-state index contributed by atoms with van der Waals surface area (Å²) in [4.78, 5) is 13.7. The molecular weight excluding hydrogens is 420 g/mol. The van der Waals surface area contributed by atoms with Crippen LogP contribution in [0.25, 0.3) is 0 Å². The van der Waals surface area contributed by atoms with E-state index in [0.717, 1.165) is 5.56 Å². The van der Waals surface area contributed by atoms with Gasteiger partial charge in [0.15, 0.2) is 0 Å². The maximum Gasteiger partial charge on any atom is 0.264 e. The highest BCUT2D eigenvalue weighted by molar-refractivity contribution is 9.10. The van der Waals surface area contributed by atoms with Gasteiger partial charge in [-0.15, -0.1) is 0 Å². The SMILES string of the molecule is COc1cccc(NS(=O)(=O)c2cc(Br)cc3c2N(C(C)=O)C(C)C3)c1. The fourth-order valence-corrected chi connectivity index (χ4v) is 5.23. The number of nitrogens with one attached hydrogen (secondary N) is 1. The number of halogens is 1. The molecule has 0 aliphatic carbocycles. The maximum absolute atomic E-state index is 13.1. The Morgan fingerprint density at radius 3 is 2.69 bits per heavy atom. The van der Waals surface area contributed by atoms with Gasteiger partial charge >= 0.3 is 0 Å². The van der Waals surface area contributed by atoms with Gasteiger partial charge in [-0.1, -0.05) is 22.0 Å². The van der Waals surface area contributed by atoms with Crippen LogP contribution in [0.5, 0.6) is 5.75 Å². The predicted octanol–water partition coefficient (Wildman–Crippen LogP) is 3.56. The van der Waals surface area contributed by atoms with E-state index in [-0.39, 0.29) is 16.8 Å². The molecule has 1 aliphatic heterocycles. The second kappa shape index (κ2) is 6.92. The lowest BCUT2D eigenvalue weighted by atomic mass is 10.1. The molecule has 26 heavy (non-hydrogen) atoms. The van der Waals surface area contributed by atoms with E-state index < -0.39 is 10.0 Å². The van der Waals surface area contributed by atoms with Gasteiger partial charge in [0.1, 0.15) is 10.6 Å². The van der Waals surface area contributed by atoms with Crippen LogP contribution < -0.4 is 14.4 Å². The maximum atomic E-state index is 13.1. The van der Waals surface area contributed by atoms with Gasteiger partial charge in [-0.3, -0.25) is 9.52 Å². The number of anilines is 2. The Bertz CT molecular complexity index is 975. The topological polar surface area (TPSA) is 75.7 Å². The van der Waals surface area contributed by atoms with E-state index in [1.54, 1.807) is 29.2 Å². The highest BCUT2D eigenvalue weighted by Gasteiger charge is 2.35. The summed E-state index contributed by atoms with van der Waals surface area (Å²) >= 11 is 3.38. The van der Waals surface area contributed by atoms with Crippen molar-refractivity contribution in [2.75, 3.05) is 16.7 Å². The Morgan fingerprint density at radius 2 is 2.04 bits per heavy atom. The Morgan fingerprint density at radius 1 is 1.31 bits per heavy atom. The van der Waals surface area contributed by atoms with Gasteiger partial charge in [-0.25, -0.2) is 8.42 Å². The second-order valence-electron chi connectivity index (χ2n) is 6.19. The van der Waals surface area contributed by atoms with E-state index >= 15 is 0 Å². The number of methoxy groups -OCH3 is 1. The first-order chi connectivity index (χ1) is 12.2. The van der Waals surface area contributed by atoms with Crippen molar-refractivity contribution in [2.45, 2.75) is 31.2 Å². The predicted molar refractivity (Wildman–Crippen MR) is 104 cm³/mol. The molecule has 0 spiro atoms. The number of benzene rings is 2. The lowest BCUT2D eigenvalue weighted by molar-refractivity contribution is -0.116. The third kappa shape index (κ3) is 3.43. The molecule has 0 saturated carbocycles. The van der Waals surface area contributed by atoms with Crippen molar-refractivity contribution in [1.82, 2.24) is 0 Å². The molecule has 3 rings (SSSR count). The molecule has 0 aromatic heterocycles. The molecule has 138 valence electrons. The number of carbonyl (C=O) groups is 1. The van der Waals surface area contributed by atoms with Gasteiger partial charge < -0.3 is 9.64 Å². The van der Waals surface area contributed by atoms with Gasteiger partial charge in [0.05, 0.1) is 18.5 Å². The molecule has 2 aromatic carbocycles. The van der Waals surface area contributed by atoms with Crippen LogP contribution in [0, 0.1) is 0 Å². The molecule has 1 N–H and O–H groups in total. The molecular formula is C18H19BrN2O4S. The first-order valence-corrected chi connectivity index (χ1v) is 10.3. The van der Waals surface area contributed by atoms with Crippen LogP contribution in [0.4, 0.5) is 11.4 Å². The number of rotatable bonds is 4. The average Bonchev–Trinajstić information content (AvgIpc) is 2.89. The summed E-state index contributed by atoms with van der Waals surface area (Å²) in [6, 6.07) is 9.96. The minimum Gasteiger partial charge on any atom is -0.497 e. The molecule has 0 fully saturated rings. The summed E-state index contributed by atoms with van der Waals surface area (Å²) in [5, 5.41) is 0. The lowest BCUT2D eigenvalue weighted by Crippen LogP contribution is -2.34. The van der Waals surface area contributed by atoms with Gasteiger partial charge in [0, 0.05) is 23.5 Å². The number of ether oxygens (including phenoxy) is 1. The quantitative estimate of drug-likeness (QED) is 0.791. The van der Waals surface area contributed by atoms with Crippen molar-refractivity contribution in [3.63, 3.8) is 0 Å². The number of carbonyl (C=O) groups excluding carboxylic acids is 1. The molecule has 0 radical (unpaired) electrons. The van der Waals surface area contributed by atoms with Gasteiger partial charge in [0.2, 0.25) is 5.91 Å². The van der Waals surface area contributed by atoms with Crippen LogP contribution in [-0.4, -0.2) is 27.5 Å². The van der Waals surface area contributed by atoms with Crippen molar-refractivity contribution in [2.24, 2.45) is 0 Å². The zero-order chi connectivity index (χ0) is 19.1. The molecule has 6 nitrogen and oxygen atoms in total. The largest absolute Gasteiger partial charge is 0.497 e. The van der Waals surface area contributed by atoms with Gasteiger partial charge in [-0.05, 0) is 43.2 Å². The average molecular weight is 439 g/mol. The second-order valence-corrected chi connectivity index (χ2v) is 8.76. The summed E-state index contributed by atoms with van der Waals surface area (Å²) in [5.74, 6) is 0.361. The third-order valence-electron chi connectivity index (χ3n) is 4.27. The lowest BCUT2D eigenvalue weighted by Gasteiger charge is -2.23. The normalized spacial score (nSPS) is 16.3. The molecule has 1 atom stereocenters. The molecule has 0 saturated heterocycles. The van der Waals surface area contributed by atoms with E-state index in [1.165, 1.54) is 20.1 Å². The Hall–Kier alpha value is -2.06. The first kappa shape index (κ1) is 18.7. The Kier molecular flexibility index (Phi) is 4.98. The van der Waals surface area contributed by atoms with E-state index in [1.807, 2.05) is 13.0 Å². The summed E-state index contributed by atoms with van der Waals surface area (Å²) in [6.07, 6.45) is 0.607. The van der Waals surface area contributed by atoms with E-state index in [4.69, 9.17) is 4.74 Å². The van der Waals surface area contributed by atoms with Crippen molar-refractivity contribution < 1.29 is 17.9 Å². The monoisotopic (exact) mass is 438 g/mol. The van der Waals surface area contributed by atoms with Crippen LogP contribution in [0.2, 0.25) is 0 Å². The minimum absolute atomic E-state index is 0.0734. The van der Waals surface area contributed by atoms with Gasteiger partial charge in [-0.2, -0.15) is 0 Å². The summed E-state index contributed by atoms with van der Waals surface area (Å²) in [7, 11) is -2.39. The zero-order valence-corrected chi connectivity index (χ0v) is 17.0. The Labute approximate surface area is 161 Å². The van der Waals surface area contributed by atoms with E-state index in [9.17, 15) is 13.2 Å². The molecule has 0 bridgehead atoms. The molecule has 1 aliphatic rings. The van der Waals surface area contributed by atoms with Crippen molar-refractivity contribution in [1.29, 1.82) is 0 Å². The minimum atomic E-state index is -3.91. The smallest absolute Gasteiger partial charge is 0.264 e. The number of fused-ring (bicyclic) bond motifs is 1. The summed E-state index contributed by atoms with van der Waals surface area (Å²) in [6.45, 7) is 3.35. The molecule has 1 unspecified atom stereocenters. The highest BCUT2D eigenvalue weighted by Crippen LogP contribution is 2.40. The number of sulfonamides is 1. The van der Waals surface area contributed by atoms with Crippen LogP contribution in [0.3, 0.4) is 0 Å². The number of amides is 1. The zero-order valence-electron chi connectivity index (χ0n) is 14.6. The summed E-state index contributed by atoms with van der Waals surface area (Å²) < 4.78 is 34.5. The Balaban J connectivity index is 2.10. The van der Waals surface area contributed by atoms with Crippen LogP contribution in [0.15, 0.2) is 45.8 Å². The number of hydrogen-bond donors (Lipinski definition) is 1. The van der Waals surface area contributed by atoms with Crippen molar-refractivity contribution >= 4 is 43.2 Å². The van der Waals surface area contributed by atoms with Crippen molar-refractivity contribution in [3.8, 4) is 5.75 Å². The number of hydrogen-bond acceptors (Lipinski definition) is 4. The van der Waals surface area contributed by atoms with E-state index in [2.05, 4.69) is 20.7 Å². The third-order valence-corrected chi connectivity index (χ3v) is 6.12. The summed E-state index contributed by atoms with van der Waals surface area (Å²) in [5.41, 5.74) is 1.66.